The quantitative estimate of drug-likeness (QED) is 0.773. The van der Waals surface area contributed by atoms with Gasteiger partial charge in [-0.3, -0.25) is 5.32 Å². The van der Waals surface area contributed by atoms with E-state index in [0.29, 0.717) is 0 Å². The summed E-state index contributed by atoms with van der Waals surface area (Å²) in [6.45, 7) is 6.28. The van der Waals surface area contributed by atoms with Crippen LogP contribution in [0.15, 0.2) is 30.3 Å². The lowest BCUT2D eigenvalue weighted by Gasteiger charge is -2.31. The fraction of sp³-hybridized carbons (Fsp3) is 0.562. The van der Waals surface area contributed by atoms with Gasteiger partial charge in [-0.25, -0.2) is 0 Å². The van der Waals surface area contributed by atoms with Crippen molar-refractivity contribution < 1.29 is 5.11 Å². The van der Waals surface area contributed by atoms with Crippen molar-refractivity contribution in [2.45, 2.75) is 44.0 Å². The molecule has 0 saturated heterocycles. The molecular formula is C16H24N2OS. The van der Waals surface area contributed by atoms with Crippen LogP contribution in [0, 0.1) is 11.3 Å². The third-order valence-electron chi connectivity index (χ3n) is 3.13. The number of hydrogen-bond acceptors (Lipinski definition) is 4. The molecular weight excluding hydrogens is 268 g/mol. The summed E-state index contributed by atoms with van der Waals surface area (Å²) < 4.78 is 0. The maximum atomic E-state index is 9.73. The average molecular weight is 292 g/mol. The molecule has 0 saturated carbocycles. The van der Waals surface area contributed by atoms with Crippen LogP contribution in [0.2, 0.25) is 0 Å². The van der Waals surface area contributed by atoms with Crippen molar-refractivity contribution >= 4 is 11.8 Å². The van der Waals surface area contributed by atoms with Crippen molar-refractivity contribution in [2.24, 2.45) is 0 Å². The Morgan fingerprint density at radius 3 is 2.45 bits per heavy atom. The van der Waals surface area contributed by atoms with Crippen LogP contribution in [-0.2, 0) is 5.54 Å². The van der Waals surface area contributed by atoms with E-state index in [1.165, 1.54) is 0 Å². The van der Waals surface area contributed by atoms with Gasteiger partial charge in [-0.15, -0.1) is 0 Å². The summed E-state index contributed by atoms with van der Waals surface area (Å²) in [6, 6.07) is 12.6. The second-order valence-corrected chi connectivity index (χ2v) is 6.84. The van der Waals surface area contributed by atoms with E-state index < -0.39 is 5.54 Å². The highest BCUT2D eigenvalue weighted by molar-refractivity contribution is 7.99. The van der Waals surface area contributed by atoms with E-state index in [1.54, 1.807) is 11.8 Å². The van der Waals surface area contributed by atoms with Gasteiger partial charge in [0, 0.05) is 11.3 Å². The summed E-state index contributed by atoms with van der Waals surface area (Å²) in [6.07, 6.45) is 0.723. The van der Waals surface area contributed by atoms with E-state index in [1.807, 2.05) is 37.3 Å². The Bertz CT molecular complexity index is 430. The Morgan fingerprint density at radius 2 is 1.95 bits per heavy atom. The molecule has 20 heavy (non-hydrogen) atoms. The number of nitrogens with one attached hydrogen (secondary N) is 1. The number of hydrogen-bond donors (Lipinski definition) is 2. The molecule has 0 aliphatic rings. The summed E-state index contributed by atoms with van der Waals surface area (Å²) in [5.74, 6) is 0.837. The predicted molar refractivity (Wildman–Crippen MR) is 85.6 cm³/mol. The average Bonchev–Trinajstić information content (AvgIpc) is 2.46. The number of rotatable bonds is 8. The Labute approximate surface area is 126 Å². The molecule has 4 heteroatoms. The van der Waals surface area contributed by atoms with Crippen molar-refractivity contribution in [1.82, 2.24) is 5.32 Å². The normalized spacial score (nSPS) is 15.6. The van der Waals surface area contributed by atoms with Gasteiger partial charge in [-0.2, -0.15) is 17.0 Å². The van der Waals surface area contributed by atoms with E-state index in [-0.39, 0.29) is 17.9 Å². The van der Waals surface area contributed by atoms with Gasteiger partial charge in [-0.05, 0) is 31.6 Å². The molecule has 0 aromatic heterocycles. The zero-order chi connectivity index (χ0) is 15.0. The highest BCUT2D eigenvalue weighted by Gasteiger charge is 2.32. The lowest BCUT2D eigenvalue weighted by Crippen LogP contribution is -2.45. The van der Waals surface area contributed by atoms with Gasteiger partial charge >= 0.3 is 0 Å². The standard InChI is InChI=1S/C16H24N2OS/c1-13(2)18-16(12-17,9-10-20-14(3)11-19)15-7-5-4-6-8-15/h4-8,13-14,18-19H,9-11H2,1-3H3. The molecule has 1 rings (SSSR count). The first kappa shape index (κ1) is 17.0. The first-order valence-corrected chi connectivity index (χ1v) is 8.06. The van der Waals surface area contributed by atoms with Gasteiger partial charge in [0.05, 0.1) is 12.7 Å². The maximum absolute atomic E-state index is 9.73. The minimum Gasteiger partial charge on any atom is -0.395 e. The van der Waals surface area contributed by atoms with Crippen molar-refractivity contribution in [3.05, 3.63) is 35.9 Å². The van der Waals surface area contributed by atoms with Crippen molar-refractivity contribution in [1.29, 1.82) is 5.26 Å². The van der Waals surface area contributed by atoms with Crippen molar-refractivity contribution in [3.63, 3.8) is 0 Å². The molecule has 0 amide bonds. The zero-order valence-electron chi connectivity index (χ0n) is 12.5. The molecule has 0 aliphatic carbocycles. The van der Waals surface area contributed by atoms with Crippen LogP contribution >= 0.6 is 11.8 Å². The third kappa shape index (κ3) is 4.82. The highest BCUT2D eigenvalue weighted by Crippen LogP contribution is 2.28. The van der Waals surface area contributed by atoms with E-state index in [2.05, 4.69) is 25.2 Å². The highest BCUT2D eigenvalue weighted by atomic mass is 32.2. The van der Waals surface area contributed by atoms with Gasteiger partial charge in [0.25, 0.3) is 0 Å². The number of thioether (sulfide) groups is 1. The smallest absolute Gasteiger partial charge is 0.133 e. The molecule has 2 N–H and O–H groups in total. The van der Waals surface area contributed by atoms with Crippen LogP contribution in [0.4, 0.5) is 0 Å². The molecule has 0 heterocycles. The van der Waals surface area contributed by atoms with Gasteiger partial charge in [0.1, 0.15) is 5.54 Å². The SMILES string of the molecule is CC(C)NC(C#N)(CCSC(C)CO)c1ccccc1. The summed E-state index contributed by atoms with van der Waals surface area (Å²) in [5, 5.41) is 22.4. The largest absolute Gasteiger partial charge is 0.395 e. The Kier molecular flexibility index (Phi) is 7.08. The Hall–Kier alpha value is -1.02. The van der Waals surface area contributed by atoms with E-state index in [0.717, 1.165) is 17.7 Å². The molecule has 1 aromatic carbocycles. The van der Waals surface area contributed by atoms with Crippen LogP contribution in [0.5, 0.6) is 0 Å². The van der Waals surface area contributed by atoms with E-state index in [4.69, 9.17) is 5.11 Å². The predicted octanol–water partition coefficient (Wildman–Crippen LogP) is 2.91. The van der Waals surface area contributed by atoms with E-state index >= 15 is 0 Å². The second-order valence-electron chi connectivity index (χ2n) is 5.30. The zero-order valence-corrected chi connectivity index (χ0v) is 13.3. The fourth-order valence-electron chi connectivity index (χ4n) is 2.13. The Balaban J connectivity index is 2.87. The molecule has 0 radical (unpaired) electrons. The lowest BCUT2D eigenvalue weighted by atomic mass is 9.88. The van der Waals surface area contributed by atoms with Crippen LogP contribution in [-0.4, -0.2) is 28.8 Å². The van der Waals surface area contributed by atoms with E-state index in [9.17, 15) is 5.26 Å². The second kappa shape index (κ2) is 8.31. The molecule has 0 bridgehead atoms. The summed E-state index contributed by atoms with van der Waals surface area (Å²) >= 11 is 1.70. The van der Waals surface area contributed by atoms with Gasteiger partial charge in [-0.1, -0.05) is 37.3 Å². The molecule has 1 aromatic rings. The molecule has 0 spiro atoms. The van der Waals surface area contributed by atoms with Crippen LogP contribution < -0.4 is 5.32 Å². The lowest BCUT2D eigenvalue weighted by molar-refractivity contribution is 0.299. The molecule has 0 fully saturated rings. The van der Waals surface area contributed by atoms with Crippen molar-refractivity contribution in [2.75, 3.05) is 12.4 Å². The van der Waals surface area contributed by atoms with Gasteiger partial charge in [0.2, 0.25) is 0 Å². The van der Waals surface area contributed by atoms with Gasteiger partial charge in [0.15, 0.2) is 0 Å². The third-order valence-corrected chi connectivity index (χ3v) is 4.29. The topological polar surface area (TPSA) is 56.0 Å². The number of aliphatic hydroxyl groups excluding tert-OH is 1. The van der Waals surface area contributed by atoms with Crippen LogP contribution in [0.25, 0.3) is 0 Å². The van der Waals surface area contributed by atoms with Crippen LogP contribution in [0.1, 0.15) is 32.8 Å². The van der Waals surface area contributed by atoms with Crippen molar-refractivity contribution in [3.8, 4) is 6.07 Å². The number of benzene rings is 1. The first-order chi connectivity index (χ1) is 9.54. The monoisotopic (exact) mass is 292 g/mol. The number of nitrogens with zero attached hydrogens (tertiary/aromatic N) is 1. The number of aliphatic hydroxyl groups is 1. The number of nitriles is 1. The minimum atomic E-state index is -0.655. The Morgan fingerprint density at radius 1 is 1.30 bits per heavy atom. The fourth-order valence-corrected chi connectivity index (χ4v) is 3.07. The first-order valence-electron chi connectivity index (χ1n) is 7.01. The minimum absolute atomic E-state index is 0.174. The molecule has 110 valence electrons. The summed E-state index contributed by atoms with van der Waals surface area (Å²) in [5.41, 5.74) is 0.353. The molecule has 2 unspecified atom stereocenters. The maximum Gasteiger partial charge on any atom is 0.133 e. The summed E-state index contributed by atoms with van der Waals surface area (Å²) in [7, 11) is 0. The van der Waals surface area contributed by atoms with Crippen LogP contribution in [0.3, 0.4) is 0 Å². The summed E-state index contributed by atoms with van der Waals surface area (Å²) in [4.78, 5) is 0. The molecule has 2 atom stereocenters. The van der Waals surface area contributed by atoms with Gasteiger partial charge < -0.3 is 5.11 Å². The molecule has 3 nitrogen and oxygen atoms in total. The molecule has 0 aliphatic heterocycles.